The zero-order valence-corrected chi connectivity index (χ0v) is 18.1. The Labute approximate surface area is 185 Å². The Bertz CT molecular complexity index is 1190. The first-order chi connectivity index (χ1) is 15.1. The molecule has 4 aromatic heterocycles. The largest absolute Gasteiger partial charge is 0.352 e. The molecule has 1 N–H and O–H groups in total. The topological polar surface area (TPSA) is 76.7 Å². The molecule has 0 aromatic carbocycles. The lowest BCUT2D eigenvalue weighted by atomic mass is 9.96. The number of nitrogens with one attached hydrogen (secondary N) is 1. The Balaban J connectivity index is 1.62. The summed E-state index contributed by atoms with van der Waals surface area (Å²) in [7, 11) is 0. The number of hydrogen-bond acceptors (Lipinski definition) is 5. The predicted molar refractivity (Wildman–Crippen MR) is 120 cm³/mol. The molecule has 0 bridgehead atoms. The SMILES string of the molecule is Cc1cc([C@@H]2[C@H](c3ccccn3)NC(=S)N2Cc2ccccn2)c(C)n1-n1cnnc1. The van der Waals surface area contributed by atoms with Crippen LogP contribution in [0.3, 0.4) is 0 Å². The summed E-state index contributed by atoms with van der Waals surface area (Å²) in [5.74, 6) is 0. The monoisotopic (exact) mass is 430 g/mol. The van der Waals surface area contributed by atoms with Gasteiger partial charge in [-0.3, -0.25) is 14.6 Å². The minimum Gasteiger partial charge on any atom is -0.352 e. The number of hydrogen-bond donors (Lipinski definition) is 1. The summed E-state index contributed by atoms with van der Waals surface area (Å²) in [6.07, 6.45) is 7.02. The van der Waals surface area contributed by atoms with Gasteiger partial charge in [-0.05, 0) is 56.4 Å². The van der Waals surface area contributed by atoms with Gasteiger partial charge in [0.15, 0.2) is 5.11 Å². The van der Waals surface area contributed by atoms with Crippen LogP contribution in [-0.4, -0.2) is 39.5 Å². The fourth-order valence-corrected chi connectivity index (χ4v) is 4.62. The van der Waals surface area contributed by atoms with Crippen LogP contribution in [0.1, 0.15) is 40.4 Å². The van der Waals surface area contributed by atoms with Crippen molar-refractivity contribution < 1.29 is 0 Å². The summed E-state index contributed by atoms with van der Waals surface area (Å²) < 4.78 is 3.98. The van der Waals surface area contributed by atoms with Gasteiger partial charge in [-0.15, -0.1) is 10.2 Å². The van der Waals surface area contributed by atoms with Crippen molar-refractivity contribution in [1.82, 2.24) is 39.7 Å². The molecule has 0 unspecified atom stereocenters. The highest BCUT2D eigenvalue weighted by Gasteiger charge is 2.41. The lowest BCUT2D eigenvalue weighted by Crippen LogP contribution is -2.29. The zero-order valence-electron chi connectivity index (χ0n) is 17.3. The third-order valence-electron chi connectivity index (χ3n) is 5.65. The summed E-state index contributed by atoms with van der Waals surface area (Å²) >= 11 is 5.78. The zero-order chi connectivity index (χ0) is 21.4. The van der Waals surface area contributed by atoms with E-state index in [0.717, 1.165) is 22.8 Å². The van der Waals surface area contributed by atoms with Crippen molar-refractivity contribution in [3.05, 3.63) is 95.9 Å². The number of aromatic nitrogens is 6. The van der Waals surface area contributed by atoms with E-state index in [1.165, 1.54) is 5.56 Å². The van der Waals surface area contributed by atoms with Gasteiger partial charge < -0.3 is 10.2 Å². The maximum Gasteiger partial charge on any atom is 0.170 e. The number of thiocarbonyl (C=S) groups is 1. The second kappa shape index (κ2) is 7.92. The molecular formula is C22H22N8S. The smallest absolute Gasteiger partial charge is 0.170 e. The number of rotatable bonds is 5. The molecule has 1 aliphatic heterocycles. The summed E-state index contributed by atoms with van der Waals surface area (Å²) in [5, 5.41) is 12.1. The minimum absolute atomic E-state index is 0.0409. The molecule has 5 rings (SSSR count). The quantitative estimate of drug-likeness (QED) is 0.488. The standard InChI is InChI=1S/C22H22N8S/c1-15-11-18(16(2)30(15)28-13-25-26-14-28)21-20(19-8-4-6-10-24-19)27-22(31)29(21)12-17-7-3-5-9-23-17/h3-11,13-14,20-21H,12H2,1-2H3,(H,27,31)/t20-,21+/m0/s1. The van der Waals surface area contributed by atoms with Crippen molar-refractivity contribution in [2.75, 3.05) is 0 Å². The van der Waals surface area contributed by atoms with Crippen LogP contribution in [0.5, 0.6) is 0 Å². The molecule has 0 amide bonds. The van der Waals surface area contributed by atoms with Crippen molar-refractivity contribution in [2.24, 2.45) is 0 Å². The Morgan fingerprint density at radius 2 is 1.74 bits per heavy atom. The first-order valence-corrected chi connectivity index (χ1v) is 10.5. The Morgan fingerprint density at radius 3 is 2.42 bits per heavy atom. The minimum atomic E-state index is -0.0766. The molecule has 156 valence electrons. The van der Waals surface area contributed by atoms with E-state index in [2.05, 4.69) is 55.0 Å². The van der Waals surface area contributed by atoms with Gasteiger partial charge in [-0.2, -0.15) is 0 Å². The van der Waals surface area contributed by atoms with E-state index in [4.69, 9.17) is 12.2 Å². The van der Waals surface area contributed by atoms with Crippen molar-refractivity contribution in [1.29, 1.82) is 0 Å². The van der Waals surface area contributed by atoms with Crippen molar-refractivity contribution in [3.63, 3.8) is 0 Å². The van der Waals surface area contributed by atoms with E-state index in [-0.39, 0.29) is 12.1 Å². The van der Waals surface area contributed by atoms with Gasteiger partial charge in [-0.25, -0.2) is 4.68 Å². The first kappa shape index (κ1) is 19.4. The fraction of sp³-hybridized carbons (Fsp3) is 0.227. The summed E-state index contributed by atoms with van der Waals surface area (Å²) in [6.45, 7) is 4.80. The lowest BCUT2D eigenvalue weighted by molar-refractivity contribution is 0.306. The van der Waals surface area contributed by atoms with Crippen LogP contribution >= 0.6 is 12.2 Å². The van der Waals surface area contributed by atoms with E-state index in [0.29, 0.717) is 11.7 Å². The molecule has 0 aliphatic carbocycles. The third kappa shape index (κ3) is 3.46. The van der Waals surface area contributed by atoms with Crippen LogP contribution in [0.25, 0.3) is 0 Å². The van der Waals surface area contributed by atoms with E-state index in [1.54, 1.807) is 12.7 Å². The van der Waals surface area contributed by atoms with Crippen LogP contribution < -0.4 is 5.32 Å². The van der Waals surface area contributed by atoms with Crippen LogP contribution in [0.15, 0.2) is 67.5 Å². The lowest BCUT2D eigenvalue weighted by Gasteiger charge is -2.28. The highest BCUT2D eigenvalue weighted by molar-refractivity contribution is 7.80. The normalized spacial score (nSPS) is 18.4. The molecular weight excluding hydrogens is 408 g/mol. The third-order valence-corrected chi connectivity index (χ3v) is 6.00. The van der Waals surface area contributed by atoms with Crippen LogP contribution in [0, 0.1) is 13.8 Å². The molecule has 8 nitrogen and oxygen atoms in total. The number of nitrogens with zero attached hydrogens (tertiary/aromatic N) is 7. The Kier molecular flexibility index (Phi) is 4.95. The molecule has 1 fully saturated rings. The fourth-order valence-electron chi connectivity index (χ4n) is 4.31. The van der Waals surface area contributed by atoms with Gasteiger partial charge in [-0.1, -0.05) is 12.1 Å². The number of pyridine rings is 2. The molecule has 1 saturated heterocycles. The van der Waals surface area contributed by atoms with E-state index < -0.39 is 0 Å². The van der Waals surface area contributed by atoms with Crippen molar-refractivity contribution >= 4 is 17.3 Å². The van der Waals surface area contributed by atoms with Crippen molar-refractivity contribution in [3.8, 4) is 0 Å². The van der Waals surface area contributed by atoms with Gasteiger partial charge in [0.1, 0.15) is 12.7 Å². The second-order valence-electron chi connectivity index (χ2n) is 7.56. The maximum absolute atomic E-state index is 5.78. The highest BCUT2D eigenvalue weighted by atomic mass is 32.1. The van der Waals surface area contributed by atoms with Gasteiger partial charge in [0.2, 0.25) is 0 Å². The molecule has 31 heavy (non-hydrogen) atoms. The highest BCUT2D eigenvalue weighted by Crippen LogP contribution is 2.41. The van der Waals surface area contributed by atoms with Gasteiger partial charge in [0.05, 0.1) is 30.0 Å². The number of aryl methyl sites for hydroxylation is 1. The summed E-state index contributed by atoms with van der Waals surface area (Å²) in [6, 6.07) is 14.0. The molecule has 2 atom stereocenters. The molecule has 0 spiro atoms. The average Bonchev–Trinajstić information content (AvgIpc) is 3.49. The Morgan fingerprint density at radius 1 is 1.00 bits per heavy atom. The van der Waals surface area contributed by atoms with Gasteiger partial charge in [0.25, 0.3) is 0 Å². The predicted octanol–water partition coefficient (Wildman–Crippen LogP) is 2.97. The second-order valence-corrected chi connectivity index (χ2v) is 7.94. The first-order valence-electron chi connectivity index (χ1n) is 10.1. The summed E-state index contributed by atoms with van der Waals surface area (Å²) in [4.78, 5) is 11.3. The van der Waals surface area contributed by atoms with E-state index >= 15 is 0 Å². The molecule has 1 aliphatic rings. The molecule has 4 aromatic rings. The molecule has 0 saturated carbocycles. The van der Waals surface area contributed by atoms with E-state index in [9.17, 15) is 0 Å². The van der Waals surface area contributed by atoms with Gasteiger partial charge in [0, 0.05) is 29.3 Å². The molecule has 0 radical (unpaired) electrons. The van der Waals surface area contributed by atoms with Gasteiger partial charge >= 0.3 is 0 Å². The molecule has 9 heteroatoms. The van der Waals surface area contributed by atoms with E-state index in [1.807, 2.05) is 53.5 Å². The Hall–Kier alpha value is -3.59. The summed E-state index contributed by atoms with van der Waals surface area (Å²) in [5.41, 5.74) is 5.27. The molecule has 5 heterocycles. The average molecular weight is 431 g/mol. The van der Waals surface area contributed by atoms with Crippen LogP contribution in [-0.2, 0) is 6.54 Å². The van der Waals surface area contributed by atoms with Crippen LogP contribution in [0.4, 0.5) is 0 Å². The maximum atomic E-state index is 5.78. The van der Waals surface area contributed by atoms with Crippen LogP contribution in [0.2, 0.25) is 0 Å². The van der Waals surface area contributed by atoms with Crippen molar-refractivity contribution in [2.45, 2.75) is 32.5 Å².